The summed E-state index contributed by atoms with van der Waals surface area (Å²) in [6.07, 6.45) is 0. The second-order valence-corrected chi connectivity index (χ2v) is 9.62. The smallest absolute Gasteiger partial charge is 0.258 e. The van der Waals surface area contributed by atoms with Crippen LogP contribution in [0.4, 0.5) is 25.4 Å². The Hall–Kier alpha value is -4.84. The molecule has 0 radical (unpaired) electrons. The summed E-state index contributed by atoms with van der Waals surface area (Å²) in [6, 6.07) is 16.7. The van der Waals surface area contributed by atoms with Crippen molar-refractivity contribution in [2.24, 2.45) is 5.73 Å². The zero-order chi connectivity index (χ0) is 28.8. The van der Waals surface area contributed by atoms with E-state index in [1.165, 1.54) is 59.5 Å². The van der Waals surface area contributed by atoms with Crippen molar-refractivity contribution in [3.63, 3.8) is 0 Å². The monoisotopic (exact) mass is 565 g/mol. The summed E-state index contributed by atoms with van der Waals surface area (Å²) in [5, 5.41) is 2.82. The van der Waals surface area contributed by atoms with Crippen molar-refractivity contribution in [3.8, 4) is 5.75 Å². The van der Waals surface area contributed by atoms with Crippen LogP contribution in [0.15, 0.2) is 72.8 Å². The number of amides is 2. The second-order valence-electron chi connectivity index (χ2n) is 8.65. The third kappa shape index (κ3) is 6.59. The van der Waals surface area contributed by atoms with E-state index in [0.29, 0.717) is 17.0 Å². The average molecular weight is 566 g/mol. The lowest BCUT2D eigenvalue weighted by molar-refractivity contribution is -0.123. The Kier molecular flexibility index (Phi) is 8.70. The van der Waals surface area contributed by atoms with Gasteiger partial charge in [0.15, 0.2) is 11.7 Å². The number of nitrogens with zero attached hydrogens (tertiary/aromatic N) is 2. The van der Waals surface area contributed by atoms with Crippen LogP contribution in [0.2, 0.25) is 0 Å². The maximum Gasteiger partial charge on any atom is 0.258 e. The largest absolute Gasteiger partial charge is 0.484 e. The maximum atomic E-state index is 13.7. The van der Waals surface area contributed by atoms with Gasteiger partial charge in [-0.25, -0.2) is 13.8 Å². The number of carbonyl (C=O) groups is 3. The van der Waals surface area contributed by atoms with Gasteiger partial charge < -0.3 is 26.4 Å². The van der Waals surface area contributed by atoms with Gasteiger partial charge >= 0.3 is 0 Å². The number of hydrogen-bond donors (Lipinski definition) is 3. The first-order valence-electron chi connectivity index (χ1n) is 12.0. The summed E-state index contributed by atoms with van der Waals surface area (Å²) in [7, 11) is 0. The first-order valence-corrected chi connectivity index (χ1v) is 12.8. The van der Waals surface area contributed by atoms with Crippen molar-refractivity contribution < 1.29 is 27.9 Å². The van der Waals surface area contributed by atoms with Gasteiger partial charge in [0.05, 0.1) is 0 Å². The van der Waals surface area contributed by atoms with Gasteiger partial charge in [0.1, 0.15) is 34.1 Å². The van der Waals surface area contributed by atoms with E-state index in [2.05, 4.69) is 10.3 Å². The predicted molar refractivity (Wildman–Crippen MR) is 147 cm³/mol. The topological polar surface area (TPSA) is 141 Å². The van der Waals surface area contributed by atoms with Gasteiger partial charge in [0.2, 0.25) is 11.7 Å². The molecule has 4 aromatic rings. The molecule has 5 N–H and O–H groups in total. The second kappa shape index (κ2) is 12.3. The molecule has 0 aliphatic heterocycles. The standard InChI is InChI=1S/C28H25F2N5O4S/c1-16(27(32)38)35(20-10-8-19(29)9-11-20)28-34-26(31)25(40-28)24(37)17-6-12-21(13-7-17)39-15-23(36)33-14-18-4-2-3-5-22(18)30/h2-13,16H,14-15,31H2,1H3,(H2,32,38)(H,33,36)/t16-/m1/s1. The van der Waals surface area contributed by atoms with E-state index in [1.807, 2.05) is 0 Å². The zero-order valence-corrected chi connectivity index (χ0v) is 22.1. The molecule has 0 aliphatic carbocycles. The number of benzene rings is 3. The Labute approximate surface area is 232 Å². The lowest BCUT2D eigenvalue weighted by atomic mass is 10.1. The Morgan fingerprint density at radius 1 is 1.02 bits per heavy atom. The number of anilines is 3. The predicted octanol–water partition coefficient (Wildman–Crippen LogP) is 3.94. The molecule has 1 heterocycles. The summed E-state index contributed by atoms with van der Waals surface area (Å²) < 4.78 is 32.6. The highest BCUT2D eigenvalue weighted by molar-refractivity contribution is 7.18. The number of thiazole rings is 1. The molecule has 1 atom stereocenters. The van der Waals surface area contributed by atoms with Crippen molar-refractivity contribution in [2.45, 2.75) is 19.5 Å². The van der Waals surface area contributed by atoms with E-state index < -0.39 is 35.3 Å². The Morgan fingerprint density at radius 3 is 2.35 bits per heavy atom. The van der Waals surface area contributed by atoms with Gasteiger partial charge in [-0.2, -0.15) is 0 Å². The lowest BCUT2D eigenvalue weighted by Crippen LogP contribution is -2.39. The molecule has 1 aromatic heterocycles. The van der Waals surface area contributed by atoms with Gasteiger partial charge in [-0.1, -0.05) is 29.5 Å². The minimum Gasteiger partial charge on any atom is -0.484 e. The molecule has 2 amide bonds. The number of halogens is 2. The molecule has 0 fully saturated rings. The summed E-state index contributed by atoms with van der Waals surface area (Å²) in [6.45, 7) is 1.28. The van der Waals surface area contributed by atoms with Crippen LogP contribution in [0.25, 0.3) is 0 Å². The fourth-order valence-electron chi connectivity index (χ4n) is 3.68. The summed E-state index contributed by atoms with van der Waals surface area (Å²) in [4.78, 5) is 43.2. The number of nitrogens with two attached hydrogens (primary N) is 2. The average Bonchev–Trinajstić information content (AvgIpc) is 3.33. The molecule has 0 saturated heterocycles. The quantitative estimate of drug-likeness (QED) is 0.234. The summed E-state index contributed by atoms with van der Waals surface area (Å²) in [5.41, 5.74) is 12.7. The number of aromatic nitrogens is 1. The molecule has 0 unspecified atom stereocenters. The van der Waals surface area contributed by atoms with Crippen molar-refractivity contribution >= 4 is 45.6 Å². The molecule has 12 heteroatoms. The lowest BCUT2D eigenvalue weighted by Gasteiger charge is -2.26. The molecule has 0 spiro atoms. The van der Waals surface area contributed by atoms with Crippen molar-refractivity contribution in [1.29, 1.82) is 0 Å². The van der Waals surface area contributed by atoms with E-state index >= 15 is 0 Å². The minimum absolute atomic E-state index is 0.0252. The molecule has 206 valence electrons. The molecule has 0 saturated carbocycles. The number of ketones is 1. The van der Waals surface area contributed by atoms with E-state index in [4.69, 9.17) is 16.2 Å². The van der Waals surface area contributed by atoms with Crippen LogP contribution in [-0.4, -0.2) is 35.2 Å². The fourth-order valence-corrected chi connectivity index (χ4v) is 4.73. The zero-order valence-electron chi connectivity index (χ0n) is 21.3. The van der Waals surface area contributed by atoms with Gasteiger partial charge in [0, 0.05) is 23.4 Å². The number of carbonyl (C=O) groups excluding carboxylic acids is 3. The minimum atomic E-state index is -0.862. The Balaban J connectivity index is 1.43. The summed E-state index contributed by atoms with van der Waals surface area (Å²) in [5.74, 6) is -2.08. The van der Waals surface area contributed by atoms with Crippen LogP contribution in [-0.2, 0) is 16.1 Å². The van der Waals surface area contributed by atoms with Gasteiger partial charge in [-0.3, -0.25) is 14.4 Å². The first-order chi connectivity index (χ1) is 19.1. The van der Waals surface area contributed by atoms with E-state index in [0.717, 1.165) is 11.3 Å². The highest BCUT2D eigenvalue weighted by Crippen LogP contribution is 2.36. The molecule has 3 aromatic carbocycles. The number of nitrogen functional groups attached to an aromatic ring is 1. The molecule has 0 bridgehead atoms. The molecule has 0 aliphatic rings. The van der Waals surface area contributed by atoms with Crippen molar-refractivity contribution in [1.82, 2.24) is 10.3 Å². The highest BCUT2D eigenvalue weighted by atomic mass is 32.1. The number of ether oxygens (including phenoxy) is 1. The molecule has 9 nitrogen and oxygen atoms in total. The SMILES string of the molecule is C[C@H](C(N)=O)N(c1ccc(F)cc1)c1nc(N)c(C(=O)c2ccc(OCC(=O)NCc3ccccc3F)cc2)s1. The molecule has 40 heavy (non-hydrogen) atoms. The fraction of sp³-hybridized carbons (Fsp3) is 0.143. The number of primary amides is 1. The first kappa shape index (κ1) is 28.2. The number of nitrogens with one attached hydrogen (secondary N) is 1. The summed E-state index contributed by atoms with van der Waals surface area (Å²) >= 11 is 0.966. The van der Waals surface area contributed by atoms with Crippen LogP contribution in [0.3, 0.4) is 0 Å². The van der Waals surface area contributed by atoms with Crippen LogP contribution >= 0.6 is 11.3 Å². The van der Waals surface area contributed by atoms with E-state index in [9.17, 15) is 23.2 Å². The van der Waals surface area contributed by atoms with Crippen LogP contribution in [0.5, 0.6) is 5.75 Å². The van der Waals surface area contributed by atoms with Gasteiger partial charge in [-0.05, 0) is 61.5 Å². The molecule has 4 rings (SSSR count). The third-order valence-corrected chi connectivity index (χ3v) is 6.95. The number of rotatable bonds is 11. The van der Waals surface area contributed by atoms with Crippen molar-refractivity contribution in [2.75, 3.05) is 17.2 Å². The normalized spacial score (nSPS) is 11.5. The molecular formula is C28H25F2N5O4S. The third-order valence-electron chi connectivity index (χ3n) is 5.88. The highest BCUT2D eigenvalue weighted by Gasteiger charge is 2.27. The Bertz CT molecular complexity index is 1530. The van der Waals surface area contributed by atoms with Crippen LogP contribution < -0.4 is 26.4 Å². The van der Waals surface area contributed by atoms with Gasteiger partial charge in [0.25, 0.3) is 5.91 Å². The molecular weight excluding hydrogens is 540 g/mol. The maximum absolute atomic E-state index is 13.7. The van der Waals surface area contributed by atoms with Gasteiger partial charge in [-0.15, -0.1) is 0 Å². The van der Waals surface area contributed by atoms with E-state index in [1.54, 1.807) is 25.1 Å². The van der Waals surface area contributed by atoms with E-state index in [-0.39, 0.29) is 34.5 Å². The van der Waals surface area contributed by atoms with Crippen LogP contribution in [0.1, 0.15) is 27.7 Å². The van der Waals surface area contributed by atoms with Crippen LogP contribution in [0, 0.1) is 11.6 Å². The van der Waals surface area contributed by atoms with Crippen molar-refractivity contribution in [3.05, 3.63) is 100 Å². The Morgan fingerprint density at radius 2 is 1.70 bits per heavy atom. The number of hydrogen-bond acceptors (Lipinski definition) is 8.